The summed E-state index contributed by atoms with van der Waals surface area (Å²) < 4.78 is 5.58. The zero-order chi connectivity index (χ0) is 19.5. The minimum atomic E-state index is -0.501. The van der Waals surface area contributed by atoms with E-state index in [9.17, 15) is 5.11 Å². The average molecular weight is 511 g/mol. The van der Waals surface area contributed by atoms with Gasteiger partial charge < -0.3 is 20.5 Å². The number of nitrogens with zero attached hydrogens (tertiary/aromatic N) is 2. The van der Waals surface area contributed by atoms with Gasteiger partial charge in [0, 0.05) is 25.7 Å². The molecule has 1 aliphatic carbocycles. The van der Waals surface area contributed by atoms with E-state index in [4.69, 9.17) is 9.73 Å². The summed E-state index contributed by atoms with van der Waals surface area (Å²) in [5.41, 5.74) is 0. The Hall–Kier alpha value is -0.120. The molecule has 3 N–H and O–H groups in total. The van der Waals surface area contributed by atoms with Crippen LogP contribution in [0.4, 0.5) is 0 Å². The Morgan fingerprint density at radius 1 is 1.14 bits per heavy atom. The SMILES string of the molecule is CCNC(=NCC(C(C)C)N1CCCCCC1)NCC(O)COCC1CC1.I. The zero-order valence-electron chi connectivity index (χ0n) is 18.2. The van der Waals surface area contributed by atoms with Crippen LogP contribution in [0.5, 0.6) is 0 Å². The maximum Gasteiger partial charge on any atom is 0.191 e. The lowest BCUT2D eigenvalue weighted by Crippen LogP contribution is -2.45. The van der Waals surface area contributed by atoms with Crippen molar-refractivity contribution in [3.8, 4) is 0 Å². The molecule has 2 unspecified atom stereocenters. The molecule has 1 saturated carbocycles. The third-order valence-corrected chi connectivity index (χ3v) is 5.53. The number of halogens is 1. The van der Waals surface area contributed by atoms with Crippen LogP contribution < -0.4 is 10.6 Å². The number of hydrogen-bond acceptors (Lipinski definition) is 4. The molecule has 0 aromatic heterocycles. The van der Waals surface area contributed by atoms with Crippen molar-refractivity contribution < 1.29 is 9.84 Å². The summed E-state index contributed by atoms with van der Waals surface area (Å²) in [6, 6.07) is 0.477. The number of nitrogens with one attached hydrogen (secondary N) is 2. The van der Waals surface area contributed by atoms with Crippen molar-refractivity contribution in [2.24, 2.45) is 16.8 Å². The van der Waals surface area contributed by atoms with Crippen LogP contribution in [-0.4, -0.2) is 74.0 Å². The van der Waals surface area contributed by atoms with Crippen molar-refractivity contribution in [2.75, 3.05) is 45.9 Å². The van der Waals surface area contributed by atoms with E-state index in [-0.39, 0.29) is 24.0 Å². The van der Waals surface area contributed by atoms with Crippen LogP contribution in [0.2, 0.25) is 0 Å². The summed E-state index contributed by atoms with van der Waals surface area (Å²) in [4.78, 5) is 7.46. The van der Waals surface area contributed by atoms with Crippen LogP contribution >= 0.6 is 24.0 Å². The van der Waals surface area contributed by atoms with Crippen molar-refractivity contribution in [3.63, 3.8) is 0 Å². The number of ether oxygens (including phenoxy) is 1. The van der Waals surface area contributed by atoms with Crippen molar-refractivity contribution in [1.82, 2.24) is 15.5 Å². The van der Waals surface area contributed by atoms with Gasteiger partial charge in [0.15, 0.2) is 5.96 Å². The highest BCUT2D eigenvalue weighted by molar-refractivity contribution is 14.0. The molecular weight excluding hydrogens is 467 g/mol. The van der Waals surface area contributed by atoms with Crippen molar-refractivity contribution in [2.45, 2.75) is 71.4 Å². The topological polar surface area (TPSA) is 69.1 Å². The van der Waals surface area contributed by atoms with Crippen LogP contribution in [0.3, 0.4) is 0 Å². The number of aliphatic hydroxyl groups is 1. The molecule has 1 saturated heterocycles. The fraction of sp³-hybridized carbons (Fsp3) is 0.952. The van der Waals surface area contributed by atoms with E-state index in [0.29, 0.717) is 25.1 Å². The predicted molar refractivity (Wildman–Crippen MR) is 128 cm³/mol. The van der Waals surface area contributed by atoms with E-state index in [1.807, 2.05) is 0 Å². The minimum Gasteiger partial charge on any atom is -0.389 e. The first-order chi connectivity index (χ1) is 13.1. The molecular formula is C21H43IN4O2. The van der Waals surface area contributed by atoms with Crippen molar-refractivity contribution in [1.29, 1.82) is 0 Å². The Balaban J connectivity index is 0.00000392. The van der Waals surface area contributed by atoms with Gasteiger partial charge in [0.1, 0.15) is 0 Å². The minimum absolute atomic E-state index is 0. The summed E-state index contributed by atoms with van der Waals surface area (Å²) in [5, 5.41) is 16.7. The second-order valence-corrected chi connectivity index (χ2v) is 8.50. The largest absolute Gasteiger partial charge is 0.389 e. The predicted octanol–water partition coefficient (Wildman–Crippen LogP) is 2.85. The monoisotopic (exact) mass is 510 g/mol. The van der Waals surface area contributed by atoms with E-state index in [1.54, 1.807) is 0 Å². The van der Waals surface area contributed by atoms with Gasteiger partial charge in [-0.15, -0.1) is 24.0 Å². The number of aliphatic imine (C=N–C) groups is 1. The first kappa shape index (κ1) is 25.9. The molecule has 2 rings (SSSR count). The fourth-order valence-corrected chi connectivity index (χ4v) is 3.63. The molecule has 0 amide bonds. The van der Waals surface area contributed by atoms with Crippen LogP contribution in [-0.2, 0) is 4.74 Å². The van der Waals surface area contributed by atoms with Gasteiger partial charge in [-0.1, -0.05) is 26.7 Å². The Morgan fingerprint density at radius 2 is 1.82 bits per heavy atom. The van der Waals surface area contributed by atoms with E-state index in [2.05, 4.69) is 36.3 Å². The van der Waals surface area contributed by atoms with Crippen LogP contribution in [0.25, 0.3) is 0 Å². The molecule has 166 valence electrons. The van der Waals surface area contributed by atoms with Gasteiger partial charge in [0.05, 0.1) is 19.3 Å². The molecule has 0 spiro atoms. The van der Waals surface area contributed by atoms with E-state index < -0.39 is 6.10 Å². The van der Waals surface area contributed by atoms with Gasteiger partial charge in [0.25, 0.3) is 0 Å². The lowest BCUT2D eigenvalue weighted by Gasteiger charge is -2.32. The van der Waals surface area contributed by atoms with E-state index >= 15 is 0 Å². The number of guanidine groups is 1. The summed E-state index contributed by atoms with van der Waals surface area (Å²) >= 11 is 0. The molecule has 28 heavy (non-hydrogen) atoms. The van der Waals surface area contributed by atoms with Crippen molar-refractivity contribution >= 4 is 29.9 Å². The Labute approximate surface area is 189 Å². The Kier molecular flexibility index (Phi) is 13.7. The fourth-order valence-electron chi connectivity index (χ4n) is 3.63. The molecule has 2 atom stereocenters. The molecule has 0 bridgehead atoms. The smallest absolute Gasteiger partial charge is 0.191 e. The normalized spacial score (nSPS) is 21.0. The molecule has 0 aromatic carbocycles. The van der Waals surface area contributed by atoms with Crippen LogP contribution in [0, 0.1) is 11.8 Å². The molecule has 0 aromatic rings. The molecule has 7 heteroatoms. The molecule has 2 fully saturated rings. The lowest BCUT2D eigenvalue weighted by molar-refractivity contribution is 0.0345. The number of likely N-dealkylation sites (tertiary alicyclic amines) is 1. The first-order valence-electron chi connectivity index (χ1n) is 11.1. The van der Waals surface area contributed by atoms with E-state index in [1.165, 1.54) is 51.6 Å². The molecule has 0 radical (unpaired) electrons. The van der Waals surface area contributed by atoms with Crippen LogP contribution in [0.1, 0.15) is 59.3 Å². The number of aliphatic hydroxyl groups excluding tert-OH is 1. The lowest BCUT2D eigenvalue weighted by atomic mass is 10.0. The summed E-state index contributed by atoms with van der Waals surface area (Å²) in [6.07, 6.45) is 7.37. The Bertz CT molecular complexity index is 425. The highest BCUT2D eigenvalue weighted by atomic mass is 127. The second kappa shape index (κ2) is 14.8. The molecule has 6 nitrogen and oxygen atoms in total. The van der Waals surface area contributed by atoms with Gasteiger partial charge in [-0.3, -0.25) is 9.89 Å². The zero-order valence-corrected chi connectivity index (χ0v) is 20.5. The molecule has 2 aliphatic rings. The molecule has 1 heterocycles. The van der Waals surface area contributed by atoms with Crippen LogP contribution in [0.15, 0.2) is 4.99 Å². The van der Waals surface area contributed by atoms with E-state index in [0.717, 1.165) is 31.6 Å². The molecule has 1 aliphatic heterocycles. The summed E-state index contributed by atoms with van der Waals surface area (Å²) in [5.74, 6) is 2.10. The Morgan fingerprint density at radius 3 is 2.39 bits per heavy atom. The van der Waals surface area contributed by atoms with Gasteiger partial charge in [0.2, 0.25) is 0 Å². The number of rotatable bonds is 11. The summed E-state index contributed by atoms with van der Waals surface area (Å²) in [6.45, 7) is 12.3. The quantitative estimate of drug-likeness (QED) is 0.227. The average Bonchev–Trinajstić information content (AvgIpc) is 3.47. The van der Waals surface area contributed by atoms with Gasteiger partial charge in [-0.05, 0) is 57.5 Å². The standard InChI is InChI=1S/C21H42N4O2.HI/c1-4-22-21(23-13-19(26)16-27-15-18-9-10-18)24-14-20(17(2)3)25-11-7-5-6-8-12-25;/h17-20,26H,4-16H2,1-3H3,(H2,22,23,24);1H. The van der Waals surface area contributed by atoms with Gasteiger partial charge >= 0.3 is 0 Å². The maximum atomic E-state index is 10.1. The summed E-state index contributed by atoms with van der Waals surface area (Å²) in [7, 11) is 0. The number of hydrogen-bond donors (Lipinski definition) is 3. The third-order valence-electron chi connectivity index (χ3n) is 5.53. The van der Waals surface area contributed by atoms with Gasteiger partial charge in [-0.25, -0.2) is 0 Å². The first-order valence-corrected chi connectivity index (χ1v) is 11.1. The highest BCUT2D eigenvalue weighted by Gasteiger charge is 2.23. The van der Waals surface area contributed by atoms with Crippen molar-refractivity contribution in [3.05, 3.63) is 0 Å². The third kappa shape index (κ3) is 10.6. The maximum absolute atomic E-state index is 10.1. The second-order valence-electron chi connectivity index (χ2n) is 8.50. The van der Waals surface area contributed by atoms with Gasteiger partial charge in [-0.2, -0.15) is 0 Å². The highest BCUT2D eigenvalue weighted by Crippen LogP contribution is 2.28.